The van der Waals surface area contributed by atoms with Crippen LogP contribution < -0.4 is 5.32 Å². The molecule has 0 aromatic heterocycles. The molecule has 0 bridgehead atoms. The molecule has 0 saturated heterocycles. The van der Waals surface area contributed by atoms with E-state index in [1.807, 2.05) is 13.0 Å². The van der Waals surface area contributed by atoms with Gasteiger partial charge in [0.25, 0.3) is 0 Å². The van der Waals surface area contributed by atoms with Gasteiger partial charge in [0.15, 0.2) is 0 Å². The van der Waals surface area contributed by atoms with Gasteiger partial charge in [-0.3, -0.25) is 0 Å². The van der Waals surface area contributed by atoms with Gasteiger partial charge in [0.1, 0.15) is 11.9 Å². The first-order valence-corrected chi connectivity index (χ1v) is 6.26. The maximum Gasteiger partial charge on any atom is 0.140 e. The molecule has 1 fully saturated rings. The molecule has 18 heavy (non-hydrogen) atoms. The summed E-state index contributed by atoms with van der Waals surface area (Å²) in [5.41, 5.74) is 1.04. The lowest BCUT2D eigenvalue weighted by Gasteiger charge is -2.35. The van der Waals surface area contributed by atoms with Crippen molar-refractivity contribution in [3.63, 3.8) is 0 Å². The molecular weight excluding hydrogens is 231 g/mol. The lowest BCUT2D eigenvalue weighted by molar-refractivity contribution is -0.0102. The molecule has 0 aliphatic heterocycles. The minimum atomic E-state index is -0.457. The second-order valence-electron chi connectivity index (χ2n) is 4.55. The first-order chi connectivity index (χ1) is 8.72. The van der Waals surface area contributed by atoms with Crippen LogP contribution in [0, 0.1) is 17.1 Å². The van der Waals surface area contributed by atoms with Crippen molar-refractivity contribution < 1.29 is 9.13 Å². The molecule has 96 valence electrons. The highest BCUT2D eigenvalue weighted by molar-refractivity contribution is 5.34. The van der Waals surface area contributed by atoms with E-state index in [2.05, 4.69) is 5.32 Å². The van der Waals surface area contributed by atoms with Gasteiger partial charge in [0.2, 0.25) is 0 Å². The number of ether oxygens (including phenoxy) is 1. The van der Waals surface area contributed by atoms with E-state index in [1.54, 1.807) is 12.1 Å². The predicted molar refractivity (Wildman–Crippen MR) is 66.4 cm³/mol. The van der Waals surface area contributed by atoms with Crippen LogP contribution in [0.3, 0.4) is 0 Å². The maximum absolute atomic E-state index is 13.1. The van der Waals surface area contributed by atoms with Crippen molar-refractivity contribution in [1.82, 2.24) is 5.32 Å². The summed E-state index contributed by atoms with van der Waals surface area (Å²) in [6.45, 7) is 3.43. The van der Waals surface area contributed by atoms with Crippen LogP contribution >= 0.6 is 0 Å². The van der Waals surface area contributed by atoms with Crippen molar-refractivity contribution in [1.29, 1.82) is 5.26 Å². The van der Waals surface area contributed by atoms with Crippen LogP contribution in [0.15, 0.2) is 18.2 Å². The summed E-state index contributed by atoms with van der Waals surface area (Å²) in [4.78, 5) is 0. The zero-order chi connectivity index (χ0) is 13.0. The number of halogens is 1. The minimum Gasteiger partial charge on any atom is -0.378 e. The van der Waals surface area contributed by atoms with Crippen LogP contribution in [0.1, 0.15) is 30.9 Å². The average Bonchev–Trinajstić information content (AvgIpc) is 2.33. The lowest BCUT2D eigenvalue weighted by Crippen LogP contribution is -2.45. The third-order valence-corrected chi connectivity index (χ3v) is 3.24. The van der Waals surface area contributed by atoms with Crippen molar-refractivity contribution in [2.75, 3.05) is 6.61 Å². The smallest absolute Gasteiger partial charge is 0.140 e. The number of rotatable bonds is 5. The molecule has 0 spiro atoms. The average molecular weight is 248 g/mol. The number of hydrogen-bond donors (Lipinski definition) is 1. The minimum absolute atomic E-state index is 0.107. The molecule has 0 heterocycles. The van der Waals surface area contributed by atoms with Gasteiger partial charge in [0.05, 0.1) is 11.7 Å². The molecule has 1 aliphatic carbocycles. The van der Waals surface area contributed by atoms with E-state index in [1.165, 1.54) is 6.07 Å². The quantitative estimate of drug-likeness (QED) is 0.870. The summed E-state index contributed by atoms with van der Waals surface area (Å²) in [6, 6.07) is 6.98. The van der Waals surface area contributed by atoms with Crippen molar-refractivity contribution in [3.8, 4) is 6.07 Å². The van der Waals surface area contributed by atoms with Crippen LogP contribution in [0.25, 0.3) is 0 Å². The Hall–Kier alpha value is -1.44. The zero-order valence-corrected chi connectivity index (χ0v) is 10.4. The number of nitriles is 1. The summed E-state index contributed by atoms with van der Waals surface area (Å²) in [5.74, 6) is -0.457. The predicted octanol–water partition coefficient (Wildman–Crippen LogP) is 2.35. The van der Waals surface area contributed by atoms with Crippen molar-refractivity contribution in [2.45, 2.75) is 38.5 Å². The molecule has 2 rings (SSSR count). The molecule has 0 atom stereocenters. The molecule has 1 aromatic carbocycles. The zero-order valence-electron chi connectivity index (χ0n) is 10.4. The second-order valence-corrected chi connectivity index (χ2v) is 4.55. The van der Waals surface area contributed by atoms with E-state index >= 15 is 0 Å². The Morgan fingerprint density at radius 2 is 2.28 bits per heavy atom. The third kappa shape index (κ3) is 3.06. The van der Waals surface area contributed by atoms with E-state index in [4.69, 9.17) is 10.00 Å². The lowest BCUT2D eigenvalue weighted by atomic mass is 9.89. The molecule has 4 heteroatoms. The Balaban J connectivity index is 1.80. The third-order valence-electron chi connectivity index (χ3n) is 3.24. The normalized spacial score (nSPS) is 22.3. The molecule has 1 N–H and O–H groups in total. The van der Waals surface area contributed by atoms with Crippen molar-refractivity contribution in [3.05, 3.63) is 35.1 Å². The molecule has 0 radical (unpaired) electrons. The Kier molecular flexibility index (Phi) is 4.29. The summed E-state index contributed by atoms with van der Waals surface area (Å²) in [5, 5.41) is 12.1. The van der Waals surface area contributed by atoms with E-state index < -0.39 is 5.82 Å². The summed E-state index contributed by atoms with van der Waals surface area (Å²) in [6.07, 6.45) is 2.44. The SMILES string of the molecule is CCOC1CC(NCc2ccc(F)c(C#N)c2)C1. The largest absolute Gasteiger partial charge is 0.378 e. The van der Waals surface area contributed by atoms with Gasteiger partial charge in [-0.1, -0.05) is 6.07 Å². The highest BCUT2D eigenvalue weighted by atomic mass is 19.1. The summed E-state index contributed by atoms with van der Waals surface area (Å²) < 4.78 is 18.6. The van der Waals surface area contributed by atoms with Gasteiger partial charge in [-0.15, -0.1) is 0 Å². The topological polar surface area (TPSA) is 45.0 Å². The second kappa shape index (κ2) is 5.94. The van der Waals surface area contributed by atoms with E-state index in [0.717, 1.165) is 25.0 Å². The first-order valence-electron chi connectivity index (χ1n) is 6.26. The fourth-order valence-electron chi connectivity index (χ4n) is 2.13. The van der Waals surface area contributed by atoms with Gasteiger partial charge in [-0.25, -0.2) is 4.39 Å². The van der Waals surface area contributed by atoms with Gasteiger partial charge >= 0.3 is 0 Å². The standard InChI is InChI=1S/C14H17FN2O/c1-2-18-13-6-12(7-13)17-9-10-3-4-14(15)11(5-10)8-16/h3-5,12-13,17H,2,6-7,9H2,1H3. The number of hydrogen-bond acceptors (Lipinski definition) is 3. The molecule has 3 nitrogen and oxygen atoms in total. The maximum atomic E-state index is 13.1. The molecule has 1 aliphatic rings. The molecule has 1 saturated carbocycles. The van der Waals surface area contributed by atoms with Gasteiger partial charge in [-0.05, 0) is 37.5 Å². The number of nitrogens with one attached hydrogen (secondary N) is 1. The highest BCUT2D eigenvalue weighted by Gasteiger charge is 2.28. The molecular formula is C14H17FN2O. The Labute approximate surface area is 107 Å². The van der Waals surface area contributed by atoms with Crippen LogP contribution in [-0.2, 0) is 11.3 Å². The van der Waals surface area contributed by atoms with Crippen LogP contribution in [-0.4, -0.2) is 18.8 Å². The molecule has 0 unspecified atom stereocenters. The number of benzene rings is 1. The van der Waals surface area contributed by atoms with Crippen LogP contribution in [0.2, 0.25) is 0 Å². The monoisotopic (exact) mass is 248 g/mol. The molecule has 0 amide bonds. The van der Waals surface area contributed by atoms with E-state index in [0.29, 0.717) is 18.7 Å². The molecule has 1 aromatic rings. The van der Waals surface area contributed by atoms with Crippen LogP contribution in [0.5, 0.6) is 0 Å². The van der Waals surface area contributed by atoms with Crippen LogP contribution in [0.4, 0.5) is 4.39 Å². The summed E-state index contributed by atoms with van der Waals surface area (Å²) in [7, 11) is 0. The first kappa shape index (κ1) is 13.0. The number of nitrogens with zero attached hydrogens (tertiary/aromatic N) is 1. The van der Waals surface area contributed by atoms with E-state index in [-0.39, 0.29) is 5.56 Å². The van der Waals surface area contributed by atoms with Gasteiger partial charge < -0.3 is 10.1 Å². The van der Waals surface area contributed by atoms with Crippen molar-refractivity contribution in [2.24, 2.45) is 0 Å². The van der Waals surface area contributed by atoms with Crippen molar-refractivity contribution >= 4 is 0 Å². The Morgan fingerprint density at radius 1 is 1.50 bits per heavy atom. The summed E-state index contributed by atoms with van der Waals surface area (Å²) >= 11 is 0. The van der Waals surface area contributed by atoms with Gasteiger partial charge in [-0.2, -0.15) is 5.26 Å². The highest BCUT2D eigenvalue weighted by Crippen LogP contribution is 2.23. The Morgan fingerprint density at radius 3 is 2.94 bits per heavy atom. The van der Waals surface area contributed by atoms with E-state index in [9.17, 15) is 4.39 Å². The van der Waals surface area contributed by atoms with Gasteiger partial charge in [0, 0.05) is 19.2 Å². The fourth-order valence-corrected chi connectivity index (χ4v) is 2.13. The Bertz CT molecular complexity index is 450. The fraction of sp³-hybridized carbons (Fsp3) is 0.500.